The zero-order valence-corrected chi connectivity index (χ0v) is 12.4. The van der Waals surface area contributed by atoms with Gasteiger partial charge in [-0.15, -0.1) is 0 Å². The maximum atomic E-state index is 12.4. The average Bonchev–Trinajstić information content (AvgIpc) is 3.13. The highest BCUT2D eigenvalue weighted by Crippen LogP contribution is 2.21. The highest BCUT2D eigenvalue weighted by Gasteiger charge is 2.25. The summed E-state index contributed by atoms with van der Waals surface area (Å²) in [7, 11) is 1.61. The first-order valence-corrected chi connectivity index (χ1v) is 7.32. The van der Waals surface area contributed by atoms with Gasteiger partial charge in [0.1, 0.15) is 5.69 Å². The van der Waals surface area contributed by atoms with Crippen molar-refractivity contribution in [1.29, 1.82) is 0 Å². The van der Waals surface area contributed by atoms with Gasteiger partial charge in [0.25, 0.3) is 5.91 Å². The molecule has 2 aromatic rings. The van der Waals surface area contributed by atoms with E-state index in [0.29, 0.717) is 12.2 Å². The van der Waals surface area contributed by atoms with Gasteiger partial charge in [0.15, 0.2) is 5.56 Å². The lowest BCUT2D eigenvalue weighted by Crippen LogP contribution is -2.34. The Kier molecular flexibility index (Phi) is 4.11. The van der Waals surface area contributed by atoms with Crippen LogP contribution in [0.3, 0.4) is 0 Å². The second-order valence-corrected chi connectivity index (χ2v) is 5.31. The highest BCUT2D eigenvalue weighted by molar-refractivity contribution is 5.99. The number of nitrogens with one attached hydrogen (secondary N) is 1. The molecule has 0 radical (unpaired) electrons. The van der Waals surface area contributed by atoms with Crippen LogP contribution in [0.15, 0.2) is 39.6 Å². The maximum absolute atomic E-state index is 12.4. The first-order chi connectivity index (χ1) is 10.7. The molecule has 1 atom stereocenters. The lowest BCUT2D eigenvalue weighted by Gasteiger charge is -2.10. The van der Waals surface area contributed by atoms with E-state index in [1.54, 1.807) is 7.05 Å². The minimum absolute atomic E-state index is 0.0277. The maximum Gasteiger partial charge on any atom is 0.370 e. The Labute approximate surface area is 127 Å². The van der Waals surface area contributed by atoms with Crippen molar-refractivity contribution < 1.29 is 14.1 Å². The minimum Gasteiger partial charge on any atom is -0.376 e. The van der Waals surface area contributed by atoms with Gasteiger partial charge in [-0.2, -0.15) is 0 Å². The van der Waals surface area contributed by atoms with Crippen molar-refractivity contribution in [2.75, 3.05) is 13.2 Å². The molecule has 1 saturated heterocycles. The van der Waals surface area contributed by atoms with Crippen LogP contribution < -0.4 is 10.9 Å². The predicted molar refractivity (Wildman–Crippen MR) is 80.7 cm³/mol. The van der Waals surface area contributed by atoms with Crippen molar-refractivity contribution >= 4 is 5.91 Å². The fourth-order valence-electron chi connectivity index (χ4n) is 2.69. The largest absolute Gasteiger partial charge is 0.376 e. The summed E-state index contributed by atoms with van der Waals surface area (Å²) < 4.78 is 11.9. The van der Waals surface area contributed by atoms with Crippen molar-refractivity contribution in [2.45, 2.75) is 18.9 Å². The third kappa shape index (κ3) is 2.82. The molecule has 0 aliphatic carbocycles. The number of carbonyl (C=O) groups excluding carboxylic acids is 1. The molecule has 1 fully saturated rings. The van der Waals surface area contributed by atoms with Crippen LogP contribution in [0.1, 0.15) is 23.2 Å². The zero-order valence-electron chi connectivity index (χ0n) is 12.4. The van der Waals surface area contributed by atoms with Crippen molar-refractivity contribution in [3.63, 3.8) is 0 Å². The second kappa shape index (κ2) is 6.19. The van der Waals surface area contributed by atoms with Crippen LogP contribution in [0.4, 0.5) is 0 Å². The van der Waals surface area contributed by atoms with Crippen molar-refractivity contribution in [2.24, 2.45) is 7.05 Å². The Morgan fingerprint density at radius 2 is 2.14 bits per heavy atom. The molecule has 1 amide bonds. The average molecular weight is 302 g/mol. The number of carbonyl (C=O) groups is 1. The number of rotatable bonds is 4. The van der Waals surface area contributed by atoms with E-state index in [4.69, 9.17) is 9.26 Å². The molecule has 0 saturated carbocycles. The predicted octanol–water partition coefficient (Wildman–Crippen LogP) is 1.55. The normalized spacial score (nSPS) is 17.6. The van der Waals surface area contributed by atoms with Gasteiger partial charge in [0.2, 0.25) is 0 Å². The molecule has 6 heteroatoms. The number of hydrogen-bond donors (Lipinski definition) is 1. The van der Waals surface area contributed by atoms with Gasteiger partial charge in [-0.25, -0.2) is 9.53 Å². The third-order valence-corrected chi connectivity index (χ3v) is 3.76. The Morgan fingerprint density at radius 3 is 2.82 bits per heavy atom. The molecule has 1 aromatic heterocycles. The Bertz CT molecular complexity index is 711. The Morgan fingerprint density at radius 1 is 1.36 bits per heavy atom. The lowest BCUT2D eigenvalue weighted by molar-refractivity contribution is 0.0856. The number of hydrogen-bond acceptors (Lipinski definition) is 4. The first kappa shape index (κ1) is 14.6. The van der Waals surface area contributed by atoms with E-state index in [1.807, 2.05) is 30.3 Å². The molecule has 1 aromatic carbocycles. The monoisotopic (exact) mass is 302 g/mol. The number of amides is 1. The third-order valence-electron chi connectivity index (χ3n) is 3.76. The van der Waals surface area contributed by atoms with Crippen LogP contribution >= 0.6 is 0 Å². The van der Waals surface area contributed by atoms with E-state index in [2.05, 4.69) is 5.32 Å². The fraction of sp³-hybridized carbons (Fsp3) is 0.375. The molecule has 0 spiro atoms. The summed E-state index contributed by atoms with van der Waals surface area (Å²) in [5, 5.41) is 2.77. The van der Waals surface area contributed by atoms with Crippen LogP contribution in [-0.2, 0) is 11.8 Å². The number of aryl methyl sites for hydroxylation is 1. The van der Waals surface area contributed by atoms with Gasteiger partial charge in [-0.05, 0) is 12.8 Å². The van der Waals surface area contributed by atoms with Crippen LogP contribution in [0.25, 0.3) is 11.3 Å². The molecule has 116 valence electrons. The fourth-order valence-corrected chi connectivity index (χ4v) is 2.69. The summed E-state index contributed by atoms with van der Waals surface area (Å²) in [5.74, 6) is -0.427. The Balaban J connectivity index is 1.86. The van der Waals surface area contributed by atoms with Gasteiger partial charge in [-0.3, -0.25) is 4.79 Å². The van der Waals surface area contributed by atoms with Crippen LogP contribution in [0.5, 0.6) is 0 Å². The van der Waals surface area contributed by atoms with Crippen LogP contribution in [0, 0.1) is 0 Å². The van der Waals surface area contributed by atoms with E-state index in [1.165, 1.54) is 4.74 Å². The smallest absolute Gasteiger partial charge is 0.370 e. The van der Waals surface area contributed by atoms with E-state index in [-0.39, 0.29) is 11.7 Å². The minimum atomic E-state index is -0.633. The molecule has 6 nitrogen and oxygen atoms in total. The number of aromatic nitrogens is 1. The molecular formula is C16H18N2O4. The SMILES string of the molecule is Cn1oc(=O)c(C(=O)NCC2CCCO2)c1-c1ccccc1. The molecule has 1 unspecified atom stereocenters. The molecule has 22 heavy (non-hydrogen) atoms. The van der Waals surface area contributed by atoms with Gasteiger partial charge in [0, 0.05) is 25.8 Å². The van der Waals surface area contributed by atoms with Gasteiger partial charge in [-0.1, -0.05) is 30.3 Å². The molecule has 3 rings (SSSR count). The summed E-state index contributed by atoms with van der Waals surface area (Å²) >= 11 is 0. The van der Waals surface area contributed by atoms with Crippen LogP contribution in [-0.4, -0.2) is 29.9 Å². The van der Waals surface area contributed by atoms with E-state index in [9.17, 15) is 9.59 Å². The summed E-state index contributed by atoms with van der Waals surface area (Å²) in [4.78, 5) is 24.4. The van der Waals surface area contributed by atoms with Crippen molar-refractivity contribution in [1.82, 2.24) is 10.1 Å². The van der Waals surface area contributed by atoms with Gasteiger partial charge < -0.3 is 14.6 Å². The summed E-state index contributed by atoms with van der Waals surface area (Å²) in [6.07, 6.45) is 1.96. The standard InChI is InChI=1S/C16H18N2O4/c1-18-14(11-6-3-2-4-7-11)13(16(20)22-18)15(19)17-10-12-8-5-9-21-12/h2-4,6-7,12H,5,8-10H2,1H3,(H,17,19). The second-order valence-electron chi connectivity index (χ2n) is 5.31. The van der Waals surface area contributed by atoms with E-state index >= 15 is 0 Å². The summed E-state index contributed by atoms with van der Waals surface area (Å²) in [6, 6.07) is 9.24. The van der Waals surface area contributed by atoms with Crippen molar-refractivity contribution in [3.05, 3.63) is 46.3 Å². The summed E-state index contributed by atoms with van der Waals surface area (Å²) in [5.41, 5.74) is 0.645. The lowest BCUT2D eigenvalue weighted by atomic mass is 10.1. The quantitative estimate of drug-likeness (QED) is 0.930. The molecule has 2 heterocycles. The van der Waals surface area contributed by atoms with Gasteiger partial charge >= 0.3 is 5.63 Å². The van der Waals surface area contributed by atoms with E-state index < -0.39 is 11.5 Å². The number of ether oxygens (including phenoxy) is 1. The topological polar surface area (TPSA) is 73.5 Å². The van der Waals surface area contributed by atoms with Gasteiger partial charge in [0.05, 0.1) is 6.10 Å². The molecule has 1 aliphatic heterocycles. The summed E-state index contributed by atoms with van der Waals surface area (Å²) in [6.45, 7) is 1.13. The number of nitrogens with zero attached hydrogens (tertiary/aromatic N) is 1. The first-order valence-electron chi connectivity index (χ1n) is 7.32. The highest BCUT2D eigenvalue weighted by atomic mass is 16.5. The zero-order chi connectivity index (χ0) is 15.5. The molecule has 0 bridgehead atoms. The molecular weight excluding hydrogens is 284 g/mol. The number of benzene rings is 1. The molecule has 1 N–H and O–H groups in total. The Hall–Kier alpha value is -2.34. The van der Waals surface area contributed by atoms with E-state index in [0.717, 1.165) is 25.0 Å². The van der Waals surface area contributed by atoms with Crippen LogP contribution in [0.2, 0.25) is 0 Å². The van der Waals surface area contributed by atoms with Crippen molar-refractivity contribution in [3.8, 4) is 11.3 Å². The molecule has 1 aliphatic rings.